The second kappa shape index (κ2) is 7.02. The number of aromatic nitrogens is 2. The minimum atomic E-state index is 0.0896. The summed E-state index contributed by atoms with van der Waals surface area (Å²) < 4.78 is 10.9. The number of ether oxygens (including phenoxy) is 2. The fraction of sp³-hybridized carbons (Fsp3) is 0.500. The molecule has 26 heavy (non-hydrogen) atoms. The molecule has 4 rings (SSSR count). The number of nitrogens with one attached hydrogen (secondary N) is 1. The predicted molar refractivity (Wildman–Crippen MR) is 97.1 cm³/mol. The van der Waals surface area contributed by atoms with E-state index >= 15 is 0 Å². The Labute approximate surface area is 153 Å². The lowest BCUT2D eigenvalue weighted by atomic mass is 9.76. The molecular formula is C20H25N3O3. The van der Waals surface area contributed by atoms with Crippen LogP contribution >= 0.6 is 0 Å². The first-order valence-corrected chi connectivity index (χ1v) is 9.26. The number of carbonyl (C=O) groups is 1. The number of rotatable bonds is 6. The summed E-state index contributed by atoms with van der Waals surface area (Å²) in [6.45, 7) is 4.17. The van der Waals surface area contributed by atoms with Crippen LogP contribution in [0.15, 0.2) is 30.6 Å². The average molecular weight is 355 g/mol. The molecule has 1 atom stereocenters. The molecule has 0 spiro atoms. The van der Waals surface area contributed by atoms with Gasteiger partial charge in [-0.3, -0.25) is 4.79 Å². The Bertz CT molecular complexity index is 775. The van der Waals surface area contributed by atoms with Gasteiger partial charge in [0.15, 0.2) is 11.5 Å². The zero-order valence-electron chi connectivity index (χ0n) is 15.2. The summed E-state index contributed by atoms with van der Waals surface area (Å²) in [5.74, 6) is 2.90. The fourth-order valence-electron chi connectivity index (χ4n) is 3.96. The fourth-order valence-corrected chi connectivity index (χ4v) is 3.96. The first-order valence-electron chi connectivity index (χ1n) is 9.26. The molecule has 3 heterocycles. The Morgan fingerprint density at radius 3 is 3.04 bits per heavy atom. The average Bonchev–Trinajstić information content (AvgIpc) is 3.29. The third-order valence-electron chi connectivity index (χ3n) is 5.33. The normalized spacial score (nSPS) is 22.0. The van der Waals surface area contributed by atoms with Crippen molar-refractivity contribution in [1.29, 1.82) is 0 Å². The summed E-state index contributed by atoms with van der Waals surface area (Å²) in [6, 6.07) is 6.16. The van der Waals surface area contributed by atoms with Crippen molar-refractivity contribution in [2.24, 2.45) is 5.41 Å². The first-order chi connectivity index (χ1) is 12.6. The van der Waals surface area contributed by atoms with E-state index in [4.69, 9.17) is 9.47 Å². The molecule has 0 aliphatic carbocycles. The zero-order valence-corrected chi connectivity index (χ0v) is 15.2. The summed E-state index contributed by atoms with van der Waals surface area (Å²) in [5.41, 5.74) is 1.33. The molecule has 0 saturated carbocycles. The van der Waals surface area contributed by atoms with E-state index in [9.17, 15) is 4.79 Å². The quantitative estimate of drug-likeness (QED) is 0.865. The molecule has 6 heteroatoms. The maximum Gasteiger partial charge on any atom is 0.231 e. The monoisotopic (exact) mass is 355 g/mol. The molecule has 138 valence electrons. The van der Waals surface area contributed by atoms with E-state index in [1.165, 1.54) is 5.56 Å². The number of hydrogen-bond acceptors (Lipinski definition) is 4. The van der Waals surface area contributed by atoms with Crippen molar-refractivity contribution >= 4 is 5.91 Å². The minimum absolute atomic E-state index is 0.0896. The Hall–Kier alpha value is -2.50. The van der Waals surface area contributed by atoms with Crippen LogP contribution in [0.3, 0.4) is 0 Å². The van der Waals surface area contributed by atoms with E-state index in [-0.39, 0.29) is 11.3 Å². The van der Waals surface area contributed by atoms with Gasteiger partial charge in [-0.2, -0.15) is 0 Å². The molecule has 6 nitrogen and oxygen atoms in total. The molecule has 1 fully saturated rings. The number of nitrogens with zero attached hydrogens (tertiary/aromatic N) is 2. The molecule has 1 N–H and O–H groups in total. The minimum Gasteiger partial charge on any atom is -0.454 e. The van der Waals surface area contributed by atoms with Crippen molar-refractivity contribution in [3.8, 4) is 11.5 Å². The number of imidazole rings is 1. The van der Waals surface area contributed by atoms with Crippen LogP contribution in [0.1, 0.15) is 37.6 Å². The van der Waals surface area contributed by atoms with Gasteiger partial charge in [0, 0.05) is 38.3 Å². The lowest BCUT2D eigenvalue weighted by molar-refractivity contribution is -0.137. The number of benzene rings is 1. The molecule has 1 saturated heterocycles. The lowest BCUT2D eigenvalue weighted by Crippen LogP contribution is -2.46. The van der Waals surface area contributed by atoms with Gasteiger partial charge >= 0.3 is 0 Å². The second-order valence-corrected chi connectivity index (χ2v) is 7.63. The number of aromatic amines is 1. The SMILES string of the molecule is CC1(Cc2ccc3c(c2)OCO3)CCC(=O)N(CCCc2ncc[nH]2)C1. The van der Waals surface area contributed by atoms with Gasteiger partial charge < -0.3 is 19.4 Å². The van der Waals surface area contributed by atoms with Crippen LogP contribution in [0.2, 0.25) is 0 Å². The van der Waals surface area contributed by atoms with Crippen molar-refractivity contribution in [3.05, 3.63) is 42.0 Å². The number of piperidine rings is 1. The van der Waals surface area contributed by atoms with Crippen LogP contribution in [0, 0.1) is 5.41 Å². The summed E-state index contributed by atoms with van der Waals surface area (Å²) in [7, 11) is 0. The number of carbonyl (C=O) groups excluding carboxylic acids is 1. The van der Waals surface area contributed by atoms with Crippen LogP contribution in [-0.2, 0) is 17.6 Å². The maximum atomic E-state index is 12.3. The molecule has 0 radical (unpaired) electrons. The number of fused-ring (bicyclic) bond motifs is 1. The number of amides is 1. The van der Waals surface area contributed by atoms with Gasteiger partial charge in [-0.25, -0.2) is 4.98 Å². The Morgan fingerprint density at radius 2 is 2.19 bits per heavy atom. The third-order valence-corrected chi connectivity index (χ3v) is 5.33. The number of hydrogen-bond donors (Lipinski definition) is 1. The molecule has 0 bridgehead atoms. The summed E-state index contributed by atoms with van der Waals surface area (Å²) >= 11 is 0. The second-order valence-electron chi connectivity index (χ2n) is 7.63. The van der Waals surface area contributed by atoms with E-state index < -0.39 is 0 Å². The van der Waals surface area contributed by atoms with Crippen molar-refractivity contribution in [2.75, 3.05) is 19.9 Å². The van der Waals surface area contributed by atoms with E-state index in [1.807, 2.05) is 17.2 Å². The van der Waals surface area contributed by atoms with Crippen LogP contribution < -0.4 is 9.47 Å². The van der Waals surface area contributed by atoms with Gasteiger partial charge in [-0.05, 0) is 42.4 Å². The van der Waals surface area contributed by atoms with Crippen LogP contribution in [0.5, 0.6) is 11.5 Å². The Morgan fingerprint density at radius 1 is 1.31 bits per heavy atom. The van der Waals surface area contributed by atoms with Crippen LogP contribution in [-0.4, -0.2) is 40.7 Å². The highest BCUT2D eigenvalue weighted by molar-refractivity contribution is 5.77. The van der Waals surface area contributed by atoms with Crippen molar-refractivity contribution in [1.82, 2.24) is 14.9 Å². The topological polar surface area (TPSA) is 67.5 Å². The highest BCUT2D eigenvalue weighted by atomic mass is 16.7. The highest BCUT2D eigenvalue weighted by Gasteiger charge is 2.35. The first kappa shape index (κ1) is 16.9. The molecule has 2 aliphatic heterocycles. The van der Waals surface area contributed by atoms with Crippen LogP contribution in [0.4, 0.5) is 0 Å². The molecule has 2 aromatic rings. The predicted octanol–water partition coefficient (Wildman–Crippen LogP) is 2.94. The third kappa shape index (κ3) is 3.69. The summed E-state index contributed by atoms with van der Waals surface area (Å²) in [4.78, 5) is 21.7. The molecule has 2 aliphatic rings. The summed E-state index contributed by atoms with van der Waals surface area (Å²) in [5, 5.41) is 0. The van der Waals surface area contributed by atoms with Gasteiger partial charge in [0.25, 0.3) is 0 Å². The Balaban J connectivity index is 1.37. The Kier molecular flexibility index (Phi) is 4.57. The number of H-pyrrole nitrogens is 1. The van der Waals surface area contributed by atoms with Gasteiger partial charge in [-0.1, -0.05) is 13.0 Å². The van der Waals surface area contributed by atoms with Crippen molar-refractivity contribution < 1.29 is 14.3 Å². The van der Waals surface area contributed by atoms with Gasteiger partial charge in [-0.15, -0.1) is 0 Å². The lowest BCUT2D eigenvalue weighted by Gasteiger charge is -2.40. The van der Waals surface area contributed by atoms with Gasteiger partial charge in [0.1, 0.15) is 5.82 Å². The van der Waals surface area contributed by atoms with Gasteiger partial charge in [0.2, 0.25) is 12.7 Å². The van der Waals surface area contributed by atoms with E-state index in [1.54, 1.807) is 6.20 Å². The molecule has 1 aromatic heterocycles. The number of likely N-dealkylation sites (tertiary alicyclic amines) is 1. The van der Waals surface area contributed by atoms with Crippen molar-refractivity contribution in [2.45, 2.75) is 39.0 Å². The van der Waals surface area contributed by atoms with Crippen molar-refractivity contribution in [3.63, 3.8) is 0 Å². The standard InChI is InChI=1S/C20H25N3O3/c1-20(12-15-4-5-16-17(11-15)26-14-25-16)7-6-19(24)23(13-20)10-2-3-18-21-8-9-22-18/h4-5,8-9,11H,2-3,6-7,10,12-14H2,1H3,(H,21,22). The summed E-state index contributed by atoms with van der Waals surface area (Å²) in [6.07, 6.45) is 7.89. The van der Waals surface area contributed by atoms with E-state index in [2.05, 4.69) is 29.0 Å². The highest BCUT2D eigenvalue weighted by Crippen LogP contribution is 2.37. The number of aryl methyl sites for hydroxylation is 1. The van der Waals surface area contributed by atoms with E-state index in [0.717, 1.165) is 56.1 Å². The smallest absolute Gasteiger partial charge is 0.231 e. The molecule has 1 aromatic carbocycles. The largest absolute Gasteiger partial charge is 0.454 e. The van der Waals surface area contributed by atoms with Gasteiger partial charge in [0.05, 0.1) is 0 Å². The molecule has 1 unspecified atom stereocenters. The maximum absolute atomic E-state index is 12.3. The van der Waals surface area contributed by atoms with E-state index in [0.29, 0.717) is 13.2 Å². The zero-order chi connectivity index (χ0) is 18.0. The molecule has 1 amide bonds. The molecular weight excluding hydrogens is 330 g/mol. The van der Waals surface area contributed by atoms with Crippen LogP contribution in [0.25, 0.3) is 0 Å².